The van der Waals surface area contributed by atoms with Crippen molar-refractivity contribution in [1.82, 2.24) is 5.32 Å². The molecule has 25 heavy (non-hydrogen) atoms. The van der Waals surface area contributed by atoms with E-state index in [-0.39, 0.29) is 23.8 Å². The number of carbonyl (C=O) groups is 1. The van der Waals surface area contributed by atoms with E-state index in [1.165, 1.54) is 0 Å². The molecule has 3 rings (SSSR count). The number of carbonyl (C=O) groups excluding carboxylic acids is 1. The predicted molar refractivity (Wildman–Crippen MR) is 94.0 cm³/mol. The molecule has 2 fully saturated rings. The predicted octanol–water partition coefficient (Wildman–Crippen LogP) is 2.24. The molecule has 2 aliphatic rings. The maximum atomic E-state index is 14.0. The van der Waals surface area contributed by atoms with Crippen molar-refractivity contribution < 1.29 is 13.9 Å². The summed E-state index contributed by atoms with van der Waals surface area (Å²) < 4.78 is 19.9. The molecule has 0 aliphatic carbocycles. The number of anilines is 1. The zero-order valence-corrected chi connectivity index (χ0v) is 14.3. The van der Waals surface area contributed by atoms with Crippen molar-refractivity contribution in [3.63, 3.8) is 0 Å². The molecule has 3 atom stereocenters. The summed E-state index contributed by atoms with van der Waals surface area (Å²) in [6.45, 7) is 4.30. The Morgan fingerprint density at radius 1 is 1.40 bits per heavy atom. The standard InChI is InChI=1S/C18H23FN4O2/c1-9(2)15(20)14(19)16(21)18(24)23-11-5-3-10(4-6-11)17-13-7-12(25-17)8-22-13/h3-6,9,12-13,17,21-22H,7-8,20H2,1-2H3,(H,23,24)/t12-,13-,17+/m1/s1. The summed E-state index contributed by atoms with van der Waals surface area (Å²) in [5.41, 5.74) is 6.23. The first kappa shape index (κ1) is 17.6. The lowest BCUT2D eigenvalue weighted by Crippen LogP contribution is -2.34. The molecule has 1 amide bonds. The van der Waals surface area contributed by atoms with Crippen LogP contribution >= 0.6 is 0 Å². The van der Waals surface area contributed by atoms with E-state index >= 15 is 0 Å². The Labute approximate surface area is 146 Å². The van der Waals surface area contributed by atoms with Gasteiger partial charge in [-0.25, -0.2) is 4.39 Å². The van der Waals surface area contributed by atoms with E-state index in [9.17, 15) is 9.18 Å². The zero-order chi connectivity index (χ0) is 18.1. The van der Waals surface area contributed by atoms with Crippen LogP contribution in [0.15, 0.2) is 35.8 Å². The number of hydrogen-bond donors (Lipinski definition) is 4. The molecule has 7 heteroatoms. The van der Waals surface area contributed by atoms with Gasteiger partial charge in [0, 0.05) is 24.0 Å². The number of amides is 1. The molecule has 0 saturated carbocycles. The third-order valence-electron chi connectivity index (χ3n) is 4.65. The van der Waals surface area contributed by atoms with Crippen LogP contribution in [0.3, 0.4) is 0 Å². The van der Waals surface area contributed by atoms with Crippen LogP contribution in [-0.4, -0.2) is 30.3 Å². The molecule has 1 aromatic carbocycles. The summed E-state index contributed by atoms with van der Waals surface area (Å²) in [6, 6.07) is 7.53. The number of ether oxygens (including phenoxy) is 1. The molecule has 2 bridgehead atoms. The van der Waals surface area contributed by atoms with Gasteiger partial charge in [-0.3, -0.25) is 10.2 Å². The fourth-order valence-electron chi connectivity index (χ4n) is 3.13. The summed E-state index contributed by atoms with van der Waals surface area (Å²) in [5, 5.41) is 13.6. The van der Waals surface area contributed by atoms with Crippen molar-refractivity contribution in [3.8, 4) is 0 Å². The molecule has 0 radical (unpaired) electrons. The Bertz CT molecular complexity index is 714. The van der Waals surface area contributed by atoms with Crippen LogP contribution in [-0.2, 0) is 9.53 Å². The highest BCUT2D eigenvalue weighted by atomic mass is 19.1. The average molecular weight is 346 g/mol. The summed E-state index contributed by atoms with van der Waals surface area (Å²) in [5.74, 6) is -2.08. The molecule has 2 aliphatic heterocycles. The highest BCUT2D eigenvalue weighted by Crippen LogP contribution is 2.37. The summed E-state index contributed by atoms with van der Waals surface area (Å²) in [4.78, 5) is 12.0. The number of rotatable bonds is 5. The highest BCUT2D eigenvalue weighted by molar-refractivity contribution is 6.47. The van der Waals surface area contributed by atoms with Crippen molar-refractivity contribution in [2.45, 2.75) is 38.5 Å². The number of morpholine rings is 1. The average Bonchev–Trinajstić information content (AvgIpc) is 3.23. The minimum absolute atomic E-state index is 0.0213. The van der Waals surface area contributed by atoms with Crippen molar-refractivity contribution in [2.24, 2.45) is 11.7 Å². The Morgan fingerprint density at radius 3 is 2.60 bits per heavy atom. The van der Waals surface area contributed by atoms with Gasteiger partial charge in [0.1, 0.15) is 0 Å². The second-order valence-corrected chi connectivity index (χ2v) is 6.80. The van der Waals surface area contributed by atoms with Gasteiger partial charge in [-0.2, -0.15) is 0 Å². The van der Waals surface area contributed by atoms with E-state index < -0.39 is 17.4 Å². The number of allylic oxidation sites excluding steroid dienone is 1. The van der Waals surface area contributed by atoms with Gasteiger partial charge in [-0.1, -0.05) is 26.0 Å². The van der Waals surface area contributed by atoms with Gasteiger partial charge in [0.15, 0.2) is 11.5 Å². The second-order valence-electron chi connectivity index (χ2n) is 6.80. The molecule has 2 saturated heterocycles. The fraction of sp³-hybridized carbons (Fsp3) is 0.444. The largest absolute Gasteiger partial charge is 0.399 e. The minimum atomic E-state index is -0.981. The number of hydrogen-bond acceptors (Lipinski definition) is 5. The maximum Gasteiger partial charge on any atom is 0.276 e. The third-order valence-corrected chi connectivity index (χ3v) is 4.65. The van der Waals surface area contributed by atoms with Gasteiger partial charge >= 0.3 is 0 Å². The normalized spacial score (nSPS) is 25.8. The zero-order valence-electron chi connectivity index (χ0n) is 14.3. The van der Waals surface area contributed by atoms with Crippen LogP contribution in [0.2, 0.25) is 0 Å². The SMILES string of the molecule is CC(C)C(N)=C(F)C(=N)C(=O)Nc1ccc([C@@H]2O[C@H]3CN[C@@H]2C3)cc1. The van der Waals surface area contributed by atoms with E-state index in [1.807, 2.05) is 12.1 Å². The van der Waals surface area contributed by atoms with Crippen molar-refractivity contribution in [1.29, 1.82) is 5.41 Å². The van der Waals surface area contributed by atoms with E-state index in [0.29, 0.717) is 11.7 Å². The number of halogens is 1. The Hall–Kier alpha value is -2.25. The molecule has 134 valence electrons. The topological polar surface area (TPSA) is 100 Å². The molecule has 2 heterocycles. The lowest BCUT2D eigenvalue weighted by Gasteiger charge is -2.23. The molecular formula is C18H23FN4O2. The van der Waals surface area contributed by atoms with Gasteiger partial charge in [0.2, 0.25) is 0 Å². The smallest absolute Gasteiger partial charge is 0.276 e. The van der Waals surface area contributed by atoms with E-state index in [4.69, 9.17) is 15.9 Å². The first-order valence-electron chi connectivity index (χ1n) is 8.41. The molecule has 0 spiro atoms. The Morgan fingerprint density at radius 2 is 2.08 bits per heavy atom. The first-order chi connectivity index (χ1) is 11.9. The first-order valence-corrected chi connectivity index (χ1v) is 8.41. The van der Waals surface area contributed by atoms with Crippen LogP contribution in [0.1, 0.15) is 31.9 Å². The van der Waals surface area contributed by atoms with E-state index in [1.54, 1.807) is 26.0 Å². The molecule has 0 unspecified atom stereocenters. The quantitative estimate of drug-likeness (QED) is 0.614. The van der Waals surface area contributed by atoms with Gasteiger partial charge in [-0.15, -0.1) is 0 Å². The fourth-order valence-corrected chi connectivity index (χ4v) is 3.13. The number of nitrogens with one attached hydrogen (secondary N) is 3. The van der Waals surface area contributed by atoms with Crippen molar-refractivity contribution in [3.05, 3.63) is 41.4 Å². The van der Waals surface area contributed by atoms with Crippen LogP contribution in [0.25, 0.3) is 0 Å². The van der Waals surface area contributed by atoms with E-state index in [0.717, 1.165) is 18.5 Å². The lowest BCUT2D eigenvalue weighted by molar-refractivity contribution is -0.110. The molecule has 5 N–H and O–H groups in total. The molecule has 1 aromatic rings. The molecule has 0 aromatic heterocycles. The van der Waals surface area contributed by atoms with Gasteiger partial charge in [0.25, 0.3) is 5.91 Å². The van der Waals surface area contributed by atoms with Crippen molar-refractivity contribution in [2.75, 3.05) is 11.9 Å². The van der Waals surface area contributed by atoms with Crippen LogP contribution in [0, 0.1) is 11.3 Å². The number of benzene rings is 1. The highest BCUT2D eigenvalue weighted by Gasteiger charge is 2.41. The molecular weight excluding hydrogens is 323 g/mol. The number of fused-ring (bicyclic) bond motifs is 2. The third kappa shape index (κ3) is 3.57. The summed E-state index contributed by atoms with van der Waals surface area (Å²) >= 11 is 0. The molecule has 6 nitrogen and oxygen atoms in total. The maximum absolute atomic E-state index is 14.0. The monoisotopic (exact) mass is 346 g/mol. The van der Waals surface area contributed by atoms with E-state index in [2.05, 4.69) is 10.6 Å². The lowest BCUT2D eigenvalue weighted by atomic mass is 10.0. The second kappa shape index (κ2) is 6.93. The van der Waals surface area contributed by atoms with Gasteiger partial charge in [0.05, 0.1) is 12.2 Å². The van der Waals surface area contributed by atoms with Crippen LogP contribution < -0.4 is 16.4 Å². The Kier molecular flexibility index (Phi) is 4.87. The Balaban J connectivity index is 1.64. The number of nitrogens with two attached hydrogens (primary N) is 1. The summed E-state index contributed by atoms with van der Waals surface area (Å²) in [6.07, 6.45) is 1.31. The van der Waals surface area contributed by atoms with Gasteiger partial charge < -0.3 is 21.1 Å². The summed E-state index contributed by atoms with van der Waals surface area (Å²) in [7, 11) is 0. The minimum Gasteiger partial charge on any atom is -0.399 e. The van der Waals surface area contributed by atoms with Crippen molar-refractivity contribution >= 4 is 17.3 Å². The van der Waals surface area contributed by atoms with Crippen LogP contribution in [0.5, 0.6) is 0 Å². The van der Waals surface area contributed by atoms with Gasteiger partial charge in [-0.05, 0) is 30.0 Å². The van der Waals surface area contributed by atoms with Crippen LogP contribution in [0.4, 0.5) is 10.1 Å².